The highest BCUT2D eigenvalue weighted by molar-refractivity contribution is 5.77. The molecule has 3 heteroatoms. The van der Waals surface area contributed by atoms with Crippen molar-refractivity contribution in [2.45, 2.75) is 52.4 Å². The number of aliphatic hydroxyl groups is 1. The minimum atomic E-state index is -0.300. The average molecular weight is 228 g/mol. The Kier molecular flexibility index (Phi) is 5.26. The van der Waals surface area contributed by atoms with E-state index in [1.807, 2.05) is 0 Å². The molecule has 94 valence electrons. The van der Waals surface area contributed by atoms with Crippen LogP contribution in [0.3, 0.4) is 0 Å². The monoisotopic (exact) mass is 228 g/mol. The molecule has 0 aliphatic heterocycles. The van der Waals surface area contributed by atoms with Gasteiger partial charge in [-0.3, -0.25) is 4.79 Å². The van der Waals surface area contributed by atoms with Crippen LogP contribution in [0.15, 0.2) is 0 Å². The molecule has 0 aromatic rings. The minimum Gasteiger partial charge on any atom is -0.463 e. The third-order valence-corrected chi connectivity index (χ3v) is 3.83. The van der Waals surface area contributed by atoms with Crippen LogP contribution in [0.5, 0.6) is 0 Å². The molecule has 1 N–H and O–H groups in total. The van der Waals surface area contributed by atoms with E-state index >= 15 is 0 Å². The summed E-state index contributed by atoms with van der Waals surface area (Å²) in [7, 11) is 0. The number of rotatable bonds is 4. The molecule has 1 rings (SSSR count). The number of carbonyl (C=O) groups excluding carboxylic acids is 1. The van der Waals surface area contributed by atoms with Crippen LogP contribution < -0.4 is 0 Å². The van der Waals surface area contributed by atoms with E-state index in [9.17, 15) is 4.79 Å². The lowest BCUT2D eigenvalue weighted by atomic mass is 9.71. The summed E-state index contributed by atoms with van der Waals surface area (Å²) in [6.45, 7) is 4.25. The molecule has 1 aliphatic carbocycles. The summed E-state index contributed by atoms with van der Waals surface area (Å²) < 4.78 is 5.16. The first-order valence-electron chi connectivity index (χ1n) is 6.41. The Morgan fingerprint density at radius 1 is 1.25 bits per heavy atom. The number of ether oxygens (including phenoxy) is 1. The van der Waals surface area contributed by atoms with Gasteiger partial charge < -0.3 is 9.84 Å². The first kappa shape index (κ1) is 13.5. The van der Waals surface area contributed by atoms with Crippen molar-refractivity contribution in [3.8, 4) is 0 Å². The quantitative estimate of drug-likeness (QED) is 0.594. The highest BCUT2D eigenvalue weighted by Crippen LogP contribution is 2.42. The lowest BCUT2D eigenvalue weighted by Gasteiger charge is -2.34. The van der Waals surface area contributed by atoms with E-state index in [4.69, 9.17) is 9.84 Å². The predicted octanol–water partition coefficient (Wildman–Crippen LogP) is 2.52. The van der Waals surface area contributed by atoms with Gasteiger partial charge in [-0.15, -0.1) is 0 Å². The van der Waals surface area contributed by atoms with E-state index in [-0.39, 0.29) is 24.6 Å². The third kappa shape index (κ3) is 2.97. The number of hydrogen-bond donors (Lipinski definition) is 1. The second kappa shape index (κ2) is 6.24. The van der Waals surface area contributed by atoms with Crippen LogP contribution in [0, 0.1) is 11.3 Å². The Labute approximate surface area is 98.2 Å². The second-order valence-electron chi connectivity index (χ2n) is 5.08. The summed E-state index contributed by atoms with van der Waals surface area (Å²) in [5, 5.41) is 8.71. The smallest absolute Gasteiger partial charge is 0.312 e. The zero-order valence-electron chi connectivity index (χ0n) is 10.5. The molecular weight excluding hydrogens is 204 g/mol. The van der Waals surface area contributed by atoms with Gasteiger partial charge in [-0.25, -0.2) is 0 Å². The van der Waals surface area contributed by atoms with Crippen LogP contribution in [-0.4, -0.2) is 24.3 Å². The molecule has 0 atom stereocenters. The van der Waals surface area contributed by atoms with Gasteiger partial charge in [0, 0.05) is 0 Å². The summed E-state index contributed by atoms with van der Waals surface area (Å²) in [6, 6.07) is 0. The second-order valence-corrected chi connectivity index (χ2v) is 5.08. The lowest BCUT2D eigenvalue weighted by molar-refractivity contribution is -0.161. The largest absolute Gasteiger partial charge is 0.463 e. The zero-order valence-corrected chi connectivity index (χ0v) is 10.5. The number of hydrogen-bond acceptors (Lipinski definition) is 3. The molecule has 0 unspecified atom stereocenters. The number of esters is 1. The SMILES string of the molecule is CC(C)C1(C(=O)OCCO)CCCCCC1. The van der Waals surface area contributed by atoms with Gasteiger partial charge in [0.25, 0.3) is 0 Å². The van der Waals surface area contributed by atoms with Gasteiger partial charge in [0.15, 0.2) is 0 Å². The van der Waals surface area contributed by atoms with Crippen LogP contribution in [-0.2, 0) is 9.53 Å². The predicted molar refractivity (Wildman–Crippen MR) is 63.0 cm³/mol. The fraction of sp³-hybridized carbons (Fsp3) is 0.923. The Morgan fingerprint density at radius 3 is 2.25 bits per heavy atom. The van der Waals surface area contributed by atoms with Crippen molar-refractivity contribution < 1.29 is 14.6 Å². The summed E-state index contributed by atoms with van der Waals surface area (Å²) in [4.78, 5) is 12.1. The fourth-order valence-corrected chi connectivity index (χ4v) is 2.66. The van der Waals surface area contributed by atoms with Crippen molar-refractivity contribution in [3.05, 3.63) is 0 Å². The molecular formula is C13H24O3. The highest BCUT2D eigenvalue weighted by atomic mass is 16.5. The Hall–Kier alpha value is -0.570. The van der Waals surface area contributed by atoms with Gasteiger partial charge in [-0.1, -0.05) is 39.5 Å². The standard InChI is InChI=1S/C13H24O3/c1-11(2)13(12(15)16-10-9-14)7-5-3-4-6-8-13/h11,14H,3-10H2,1-2H3. The van der Waals surface area contributed by atoms with Crippen molar-refractivity contribution in [2.24, 2.45) is 11.3 Å². The normalized spacial score (nSPS) is 20.5. The van der Waals surface area contributed by atoms with Gasteiger partial charge in [0.1, 0.15) is 6.61 Å². The van der Waals surface area contributed by atoms with E-state index in [0.717, 1.165) is 25.7 Å². The fourth-order valence-electron chi connectivity index (χ4n) is 2.66. The summed E-state index contributed by atoms with van der Waals surface area (Å²) >= 11 is 0. The number of aliphatic hydroxyl groups excluding tert-OH is 1. The lowest BCUT2D eigenvalue weighted by Crippen LogP contribution is -2.38. The topological polar surface area (TPSA) is 46.5 Å². The van der Waals surface area contributed by atoms with Crippen LogP contribution in [0.1, 0.15) is 52.4 Å². The van der Waals surface area contributed by atoms with E-state index in [0.29, 0.717) is 5.92 Å². The average Bonchev–Trinajstić information content (AvgIpc) is 2.52. The summed E-state index contributed by atoms with van der Waals surface area (Å²) in [5.74, 6) is 0.218. The molecule has 1 aliphatic rings. The van der Waals surface area contributed by atoms with Crippen molar-refractivity contribution in [3.63, 3.8) is 0 Å². The van der Waals surface area contributed by atoms with Gasteiger partial charge >= 0.3 is 5.97 Å². The molecule has 0 aromatic carbocycles. The first-order chi connectivity index (χ1) is 7.63. The third-order valence-electron chi connectivity index (χ3n) is 3.83. The van der Waals surface area contributed by atoms with Crippen LogP contribution in [0.2, 0.25) is 0 Å². The highest BCUT2D eigenvalue weighted by Gasteiger charge is 2.42. The molecule has 3 nitrogen and oxygen atoms in total. The molecule has 16 heavy (non-hydrogen) atoms. The zero-order chi connectivity index (χ0) is 12.0. The minimum absolute atomic E-state index is 0.0834. The molecule has 0 amide bonds. The molecule has 0 aromatic heterocycles. The van der Waals surface area contributed by atoms with Crippen molar-refractivity contribution in [2.75, 3.05) is 13.2 Å². The van der Waals surface area contributed by atoms with E-state index in [1.165, 1.54) is 12.8 Å². The Morgan fingerprint density at radius 2 is 1.81 bits per heavy atom. The van der Waals surface area contributed by atoms with Crippen LogP contribution in [0.4, 0.5) is 0 Å². The van der Waals surface area contributed by atoms with Gasteiger partial charge in [-0.05, 0) is 18.8 Å². The molecule has 1 fully saturated rings. The van der Waals surface area contributed by atoms with Gasteiger partial charge in [0.05, 0.1) is 12.0 Å². The van der Waals surface area contributed by atoms with E-state index < -0.39 is 0 Å². The van der Waals surface area contributed by atoms with E-state index in [2.05, 4.69) is 13.8 Å². The van der Waals surface area contributed by atoms with E-state index in [1.54, 1.807) is 0 Å². The molecule has 0 spiro atoms. The maximum Gasteiger partial charge on any atom is 0.312 e. The molecule has 1 saturated carbocycles. The number of carbonyl (C=O) groups is 1. The van der Waals surface area contributed by atoms with Crippen molar-refractivity contribution >= 4 is 5.97 Å². The maximum absolute atomic E-state index is 12.1. The Bertz CT molecular complexity index is 215. The molecule has 0 saturated heterocycles. The van der Waals surface area contributed by atoms with Crippen molar-refractivity contribution in [1.29, 1.82) is 0 Å². The summed E-state index contributed by atoms with van der Waals surface area (Å²) in [5.41, 5.74) is -0.300. The van der Waals surface area contributed by atoms with Crippen LogP contribution >= 0.6 is 0 Å². The molecule has 0 radical (unpaired) electrons. The van der Waals surface area contributed by atoms with Gasteiger partial charge in [0.2, 0.25) is 0 Å². The van der Waals surface area contributed by atoms with Gasteiger partial charge in [-0.2, -0.15) is 0 Å². The molecule has 0 heterocycles. The maximum atomic E-state index is 12.1. The Balaban J connectivity index is 2.73. The van der Waals surface area contributed by atoms with Crippen LogP contribution in [0.25, 0.3) is 0 Å². The van der Waals surface area contributed by atoms with Crippen molar-refractivity contribution in [1.82, 2.24) is 0 Å². The first-order valence-corrected chi connectivity index (χ1v) is 6.41. The summed E-state index contributed by atoms with van der Waals surface area (Å²) in [6.07, 6.45) is 6.56. The molecule has 0 bridgehead atoms.